The molecule has 0 saturated heterocycles. The SMILES string of the molecule is O=C1COCC2=C1C=CC1=CC=CC=C2C1. The van der Waals surface area contributed by atoms with Gasteiger partial charge in [0.1, 0.15) is 6.61 Å². The Morgan fingerprint density at radius 3 is 2.88 bits per heavy atom. The zero-order valence-corrected chi connectivity index (χ0v) is 8.90. The Bertz CT molecular complexity index is 499. The first-order valence-electron chi connectivity index (χ1n) is 5.43. The molecule has 1 aliphatic heterocycles. The summed E-state index contributed by atoms with van der Waals surface area (Å²) in [6.07, 6.45) is 13.1. The molecule has 0 N–H and O–H groups in total. The predicted octanol–water partition coefficient (Wildman–Crippen LogP) is 2.26. The quantitative estimate of drug-likeness (QED) is 0.615. The molecule has 0 amide bonds. The number of hydrogen-bond acceptors (Lipinski definition) is 2. The molecule has 0 spiro atoms. The summed E-state index contributed by atoms with van der Waals surface area (Å²) in [6, 6.07) is 0. The van der Waals surface area contributed by atoms with Crippen LogP contribution in [-0.2, 0) is 9.53 Å². The van der Waals surface area contributed by atoms with Crippen molar-refractivity contribution in [3.8, 4) is 0 Å². The predicted molar refractivity (Wildman–Crippen MR) is 61.9 cm³/mol. The molecule has 2 nitrogen and oxygen atoms in total. The minimum absolute atomic E-state index is 0.0919. The number of ether oxygens (including phenoxy) is 1. The Kier molecular flexibility index (Phi) is 2.22. The molecule has 0 aromatic heterocycles. The van der Waals surface area contributed by atoms with E-state index in [2.05, 4.69) is 12.2 Å². The normalized spacial score (nSPS) is 23.4. The van der Waals surface area contributed by atoms with Gasteiger partial charge in [0, 0.05) is 5.57 Å². The summed E-state index contributed by atoms with van der Waals surface area (Å²) >= 11 is 0. The molecule has 3 rings (SSSR count). The highest BCUT2D eigenvalue weighted by atomic mass is 16.5. The number of fused-ring (bicyclic) bond motifs is 3. The van der Waals surface area contributed by atoms with Crippen LogP contribution in [0.25, 0.3) is 0 Å². The van der Waals surface area contributed by atoms with Gasteiger partial charge in [-0.3, -0.25) is 4.79 Å². The van der Waals surface area contributed by atoms with E-state index in [1.54, 1.807) is 0 Å². The highest BCUT2D eigenvalue weighted by molar-refractivity contribution is 6.01. The summed E-state index contributed by atoms with van der Waals surface area (Å²) in [4.78, 5) is 11.8. The van der Waals surface area contributed by atoms with Crippen LogP contribution in [0.4, 0.5) is 0 Å². The summed E-state index contributed by atoms with van der Waals surface area (Å²) in [7, 11) is 0. The van der Waals surface area contributed by atoms with Crippen molar-refractivity contribution in [3.05, 3.63) is 58.7 Å². The molecule has 2 bridgehead atoms. The Morgan fingerprint density at radius 2 is 1.94 bits per heavy atom. The molecule has 1 heterocycles. The van der Waals surface area contributed by atoms with Crippen molar-refractivity contribution in [1.82, 2.24) is 0 Å². The van der Waals surface area contributed by atoms with Crippen molar-refractivity contribution >= 4 is 5.78 Å². The summed E-state index contributed by atoms with van der Waals surface area (Å²) in [5.41, 5.74) is 4.33. The molecule has 0 fully saturated rings. The zero-order valence-electron chi connectivity index (χ0n) is 8.90. The van der Waals surface area contributed by atoms with Gasteiger partial charge in [-0.15, -0.1) is 0 Å². The zero-order chi connectivity index (χ0) is 11.0. The molecule has 0 atom stereocenters. The van der Waals surface area contributed by atoms with Crippen LogP contribution in [0, 0.1) is 0 Å². The van der Waals surface area contributed by atoms with Gasteiger partial charge in [0.05, 0.1) is 6.61 Å². The van der Waals surface area contributed by atoms with Crippen molar-refractivity contribution in [2.75, 3.05) is 13.2 Å². The number of allylic oxidation sites excluding steroid dienone is 7. The van der Waals surface area contributed by atoms with Crippen LogP contribution in [0.3, 0.4) is 0 Å². The maximum atomic E-state index is 11.8. The van der Waals surface area contributed by atoms with E-state index in [0.29, 0.717) is 6.61 Å². The molecule has 3 aliphatic rings. The molecular weight excluding hydrogens is 200 g/mol. The first-order chi connectivity index (χ1) is 7.84. The smallest absolute Gasteiger partial charge is 0.188 e. The molecular formula is C14H12O2. The molecule has 80 valence electrons. The molecule has 2 aliphatic carbocycles. The van der Waals surface area contributed by atoms with Crippen LogP contribution in [0.15, 0.2) is 58.7 Å². The van der Waals surface area contributed by atoms with Crippen LogP contribution in [0.5, 0.6) is 0 Å². The van der Waals surface area contributed by atoms with Crippen molar-refractivity contribution in [2.45, 2.75) is 6.42 Å². The maximum Gasteiger partial charge on any atom is 0.188 e. The molecule has 0 aromatic carbocycles. The van der Waals surface area contributed by atoms with Gasteiger partial charge in [-0.05, 0) is 23.1 Å². The average molecular weight is 212 g/mol. The number of Topliss-reactive ketones (excluding diaryl/α,β-unsaturated/α-hetero) is 1. The summed E-state index contributed by atoms with van der Waals surface area (Å²) in [5, 5.41) is 0. The van der Waals surface area contributed by atoms with Gasteiger partial charge < -0.3 is 4.74 Å². The van der Waals surface area contributed by atoms with E-state index in [1.807, 2.05) is 24.3 Å². The summed E-state index contributed by atoms with van der Waals surface area (Å²) in [6.45, 7) is 0.768. The Balaban J connectivity index is 2.17. The fourth-order valence-corrected chi connectivity index (χ4v) is 2.23. The number of rotatable bonds is 0. The fourth-order valence-electron chi connectivity index (χ4n) is 2.23. The van der Waals surface area contributed by atoms with Crippen LogP contribution in [0.1, 0.15) is 6.42 Å². The van der Waals surface area contributed by atoms with Crippen molar-refractivity contribution in [1.29, 1.82) is 0 Å². The molecule has 0 aromatic rings. The highest BCUT2D eigenvalue weighted by Gasteiger charge is 2.23. The van der Waals surface area contributed by atoms with Gasteiger partial charge in [-0.1, -0.05) is 36.5 Å². The first-order valence-corrected chi connectivity index (χ1v) is 5.43. The topological polar surface area (TPSA) is 26.3 Å². The van der Waals surface area contributed by atoms with E-state index in [0.717, 1.165) is 17.6 Å². The Hall–Kier alpha value is -1.67. The van der Waals surface area contributed by atoms with Crippen molar-refractivity contribution < 1.29 is 9.53 Å². The van der Waals surface area contributed by atoms with E-state index < -0.39 is 0 Å². The number of hydrogen-bond donors (Lipinski definition) is 0. The number of carbonyl (C=O) groups excluding carboxylic acids is 1. The van der Waals surface area contributed by atoms with E-state index >= 15 is 0 Å². The average Bonchev–Trinajstić information content (AvgIpc) is 2.62. The first kappa shape index (κ1) is 9.55. The molecule has 16 heavy (non-hydrogen) atoms. The standard InChI is InChI=1S/C14H12O2/c15-14-9-16-8-13-11-4-2-1-3-10(7-11)5-6-12(13)14/h1-6H,7-9H2. The number of ketones is 1. The number of carbonyl (C=O) groups is 1. The van der Waals surface area contributed by atoms with Crippen LogP contribution >= 0.6 is 0 Å². The van der Waals surface area contributed by atoms with Crippen LogP contribution in [0.2, 0.25) is 0 Å². The van der Waals surface area contributed by atoms with E-state index in [4.69, 9.17) is 4.74 Å². The summed E-state index contributed by atoms with van der Waals surface area (Å²) < 4.78 is 5.31. The van der Waals surface area contributed by atoms with Crippen molar-refractivity contribution in [2.24, 2.45) is 0 Å². The monoisotopic (exact) mass is 212 g/mol. The lowest BCUT2D eigenvalue weighted by Crippen LogP contribution is -2.21. The van der Waals surface area contributed by atoms with Gasteiger partial charge in [0.15, 0.2) is 5.78 Å². The Morgan fingerprint density at radius 1 is 1.06 bits per heavy atom. The van der Waals surface area contributed by atoms with E-state index in [9.17, 15) is 4.79 Å². The van der Waals surface area contributed by atoms with E-state index in [-0.39, 0.29) is 12.4 Å². The third kappa shape index (κ3) is 1.51. The molecule has 0 saturated carbocycles. The minimum Gasteiger partial charge on any atom is -0.369 e. The largest absolute Gasteiger partial charge is 0.369 e. The third-order valence-corrected chi connectivity index (χ3v) is 3.07. The van der Waals surface area contributed by atoms with Crippen LogP contribution < -0.4 is 0 Å². The van der Waals surface area contributed by atoms with Crippen LogP contribution in [-0.4, -0.2) is 19.0 Å². The van der Waals surface area contributed by atoms with E-state index in [1.165, 1.54) is 11.1 Å². The second-order valence-corrected chi connectivity index (χ2v) is 4.14. The fraction of sp³-hybridized carbons (Fsp3) is 0.214. The van der Waals surface area contributed by atoms with Gasteiger partial charge in [-0.2, -0.15) is 0 Å². The van der Waals surface area contributed by atoms with Gasteiger partial charge in [0.25, 0.3) is 0 Å². The minimum atomic E-state index is 0.0919. The van der Waals surface area contributed by atoms with Gasteiger partial charge in [0.2, 0.25) is 0 Å². The van der Waals surface area contributed by atoms with Gasteiger partial charge >= 0.3 is 0 Å². The Labute approximate surface area is 94.3 Å². The highest BCUT2D eigenvalue weighted by Crippen LogP contribution is 2.31. The molecule has 0 unspecified atom stereocenters. The second-order valence-electron chi connectivity index (χ2n) is 4.14. The molecule has 0 radical (unpaired) electrons. The lowest BCUT2D eigenvalue weighted by atomic mass is 9.95. The lowest BCUT2D eigenvalue weighted by Gasteiger charge is -2.18. The second kappa shape index (κ2) is 3.72. The van der Waals surface area contributed by atoms with Crippen molar-refractivity contribution in [3.63, 3.8) is 0 Å². The van der Waals surface area contributed by atoms with Gasteiger partial charge in [-0.25, -0.2) is 0 Å². The maximum absolute atomic E-state index is 11.8. The lowest BCUT2D eigenvalue weighted by molar-refractivity contribution is -0.120. The molecule has 2 heteroatoms. The third-order valence-electron chi connectivity index (χ3n) is 3.07. The summed E-state index contributed by atoms with van der Waals surface area (Å²) in [5.74, 6) is 0.0919.